The number of nitrogens with one attached hydrogen (secondary N) is 2. The number of amides is 1. The fourth-order valence-corrected chi connectivity index (χ4v) is 4.90. The Bertz CT molecular complexity index is 1790. The summed E-state index contributed by atoms with van der Waals surface area (Å²) < 4.78 is 82.5. The van der Waals surface area contributed by atoms with Crippen LogP contribution < -0.4 is 20.9 Å². The highest BCUT2D eigenvalue weighted by Gasteiger charge is 2.38. The first-order valence-corrected chi connectivity index (χ1v) is 13.6. The Morgan fingerprint density at radius 1 is 1.09 bits per heavy atom. The lowest BCUT2D eigenvalue weighted by Crippen LogP contribution is -2.44. The van der Waals surface area contributed by atoms with E-state index in [4.69, 9.17) is 9.47 Å². The summed E-state index contributed by atoms with van der Waals surface area (Å²) >= 11 is 0. The normalized spacial score (nSPS) is 12.9. The number of pyridine rings is 2. The van der Waals surface area contributed by atoms with Gasteiger partial charge in [-0.15, -0.1) is 0 Å². The topological polar surface area (TPSA) is 116 Å². The molecule has 1 amide bonds. The van der Waals surface area contributed by atoms with Crippen LogP contribution >= 0.6 is 0 Å². The van der Waals surface area contributed by atoms with Crippen molar-refractivity contribution in [2.45, 2.75) is 44.9 Å². The van der Waals surface area contributed by atoms with Crippen LogP contribution in [0.4, 0.5) is 27.6 Å². The van der Waals surface area contributed by atoms with Gasteiger partial charge in [-0.1, -0.05) is 6.92 Å². The average molecular weight is 636 g/mol. The number of hydrogen-bond donors (Lipinski definition) is 2. The van der Waals surface area contributed by atoms with Gasteiger partial charge in [-0.3, -0.25) is 9.59 Å². The summed E-state index contributed by atoms with van der Waals surface area (Å²) in [5.41, 5.74) is 0.118. The fraction of sp³-hybridized carbons (Fsp3) is 0.333. The molecule has 45 heavy (non-hydrogen) atoms. The van der Waals surface area contributed by atoms with Crippen molar-refractivity contribution in [3.8, 4) is 16.9 Å². The molecule has 2 atom stereocenters. The van der Waals surface area contributed by atoms with E-state index in [1.807, 2.05) is 5.32 Å². The molecule has 4 rings (SSSR count). The van der Waals surface area contributed by atoms with Gasteiger partial charge in [-0.05, 0) is 37.6 Å². The minimum Gasteiger partial charge on any atom is -0.496 e. The van der Waals surface area contributed by atoms with E-state index >= 15 is 0 Å². The molecule has 0 bridgehead atoms. The number of ether oxygens (including phenoxy) is 2. The third-order valence-corrected chi connectivity index (χ3v) is 7.37. The number of alkyl halides is 3. The van der Waals surface area contributed by atoms with Crippen molar-refractivity contribution in [1.82, 2.24) is 19.3 Å². The van der Waals surface area contributed by atoms with E-state index in [0.29, 0.717) is 40.5 Å². The summed E-state index contributed by atoms with van der Waals surface area (Å²) in [7, 11) is 4.10. The number of carbonyl (C=O) groups excluding carboxylic acids is 2. The molecule has 4 aromatic rings. The van der Waals surface area contributed by atoms with Crippen molar-refractivity contribution in [2.24, 2.45) is 7.05 Å². The molecule has 0 fully saturated rings. The van der Waals surface area contributed by atoms with Gasteiger partial charge in [-0.25, -0.2) is 18.6 Å². The predicted molar refractivity (Wildman–Crippen MR) is 154 cm³/mol. The molecule has 10 nitrogen and oxygen atoms in total. The quantitative estimate of drug-likeness (QED) is 0.194. The van der Waals surface area contributed by atoms with Gasteiger partial charge in [0.25, 0.3) is 11.5 Å². The van der Waals surface area contributed by atoms with Gasteiger partial charge in [0.2, 0.25) is 0 Å². The minimum atomic E-state index is -4.67. The number of imidazole rings is 1. The maximum atomic E-state index is 14.9. The number of aromatic nitrogens is 3. The molecule has 0 spiro atoms. The summed E-state index contributed by atoms with van der Waals surface area (Å²) in [6, 6.07) is 2.49. The van der Waals surface area contributed by atoms with Gasteiger partial charge in [0.05, 0.1) is 19.8 Å². The van der Waals surface area contributed by atoms with Crippen LogP contribution in [0.2, 0.25) is 0 Å². The first-order valence-electron chi connectivity index (χ1n) is 13.6. The van der Waals surface area contributed by atoms with Crippen LogP contribution in [0, 0.1) is 18.6 Å². The third kappa shape index (κ3) is 6.61. The second kappa shape index (κ2) is 13.0. The second-order valence-corrected chi connectivity index (χ2v) is 10.2. The lowest BCUT2D eigenvalue weighted by atomic mass is 10.0. The van der Waals surface area contributed by atoms with E-state index in [1.54, 1.807) is 42.8 Å². The van der Waals surface area contributed by atoms with Gasteiger partial charge >= 0.3 is 12.1 Å². The van der Waals surface area contributed by atoms with Crippen molar-refractivity contribution in [3.63, 3.8) is 0 Å². The molecule has 0 radical (unpaired) electrons. The average Bonchev–Trinajstić information content (AvgIpc) is 3.48. The van der Waals surface area contributed by atoms with Crippen LogP contribution in [-0.4, -0.2) is 58.3 Å². The van der Waals surface area contributed by atoms with Crippen molar-refractivity contribution in [2.75, 3.05) is 19.5 Å². The van der Waals surface area contributed by atoms with E-state index in [9.17, 15) is 36.3 Å². The van der Waals surface area contributed by atoms with Crippen LogP contribution in [0.5, 0.6) is 5.75 Å². The summed E-state index contributed by atoms with van der Waals surface area (Å²) in [6.45, 7) is 3.00. The number of aryl methyl sites for hydroxylation is 1. The number of hydrogen-bond acceptors (Lipinski definition) is 7. The van der Waals surface area contributed by atoms with Crippen LogP contribution in [0.25, 0.3) is 16.8 Å². The van der Waals surface area contributed by atoms with E-state index in [1.165, 1.54) is 24.8 Å². The maximum absolute atomic E-state index is 14.9. The van der Waals surface area contributed by atoms with Gasteiger partial charge in [0.1, 0.15) is 40.7 Å². The van der Waals surface area contributed by atoms with Gasteiger partial charge in [0.15, 0.2) is 0 Å². The number of anilines is 1. The summed E-state index contributed by atoms with van der Waals surface area (Å²) in [5, 5.41) is 4.27. The summed E-state index contributed by atoms with van der Waals surface area (Å²) in [5.74, 6) is -4.83. The zero-order valence-corrected chi connectivity index (χ0v) is 24.9. The van der Waals surface area contributed by atoms with Gasteiger partial charge in [-0.2, -0.15) is 13.2 Å². The van der Waals surface area contributed by atoms with Crippen molar-refractivity contribution >= 4 is 23.2 Å². The lowest BCUT2D eigenvalue weighted by molar-refractivity contribution is -0.143. The Kier molecular flexibility index (Phi) is 9.49. The number of carbonyl (C=O) groups is 2. The summed E-state index contributed by atoms with van der Waals surface area (Å²) in [6.07, 6.45) is -2.30. The monoisotopic (exact) mass is 635 g/mol. The molecule has 0 saturated heterocycles. The van der Waals surface area contributed by atoms with Gasteiger partial charge < -0.3 is 29.1 Å². The van der Waals surface area contributed by atoms with Gasteiger partial charge in [0, 0.05) is 54.6 Å². The molecular weight excluding hydrogens is 605 g/mol. The lowest BCUT2D eigenvalue weighted by Gasteiger charge is -2.22. The first kappa shape index (κ1) is 33.0. The largest absolute Gasteiger partial charge is 0.496 e. The highest BCUT2D eigenvalue weighted by atomic mass is 19.4. The third-order valence-electron chi connectivity index (χ3n) is 7.37. The Morgan fingerprint density at radius 3 is 2.33 bits per heavy atom. The number of benzene rings is 1. The van der Waals surface area contributed by atoms with Crippen LogP contribution in [0.3, 0.4) is 0 Å². The standard InChI is InChI=1S/C30H30F5N5O5/c1-6-23(30(33,34)35)37-16-12-19(31)25(20(32)13-16)27(41)38-21(29(43)45-5)14-17-7-8-18(26-36-9-10-40(17)26)24-22(44-4)11-15(2)39(3)28(24)42/h7-13,21,23,37H,6,14H2,1-5H3,(H,38,41)/t21-,23+/m0/s1. The molecule has 0 aliphatic heterocycles. The van der Waals surface area contributed by atoms with E-state index < -0.39 is 59.4 Å². The Hall–Kier alpha value is -4.95. The molecule has 0 aliphatic carbocycles. The molecule has 0 aliphatic rings. The van der Waals surface area contributed by atoms with E-state index in [0.717, 1.165) is 7.11 Å². The molecule has 0 unspecified atom stereocenters. The number of fused-ring (bicyclic) bond motifs is 1. The minimum absolute atomic E-state index is 0.235. The van der Waals surface area contributed by atoms with E-state index in [-0.39, 0.29) is 17.5 Å². The highest BCUT2D eigenvalue weighted by molar-refractivity contribution is 5.97. The molecule has 240 valence electrons. The van der Waals surface area contributed by atoms with Crippen molar-refractivity contribution in [3.05, 3.63) is 81.7 Å². The number of methoxy groups -OCH3 is 2. The fourth-order valence-electron chi connectivity index (χ4n) is 4.90. The van der Waals surface area contributed by atoms with Crippen LogP contribution in [0.15, 0.2) is 47.5 Å². The number of nitrogens with zero attached hydrogens (tertiary/aromatic N) is 3. The first-order chi connectivity index (χ1) is 21.2. The Balaban J connectivity index is 1.66. The maximum Gasteiger partial charge on any atom is 0.408 e. The smallest absolute Gasteiger partial charge is 0.408 e. The van der Waals surface area contributed by atoms with Crippen LogP contribution in [0.1, 0.15) is 35.1 Å². The summed E-state index contributed by atoms with van der Waals surface area (Å²) in [4.78, 5) is 43.2. The molecule has 0 saturated carbocycles. The van der Waals surface area contributed by atoms with E-state index in [2.05, 4.69) is 10.3 Å². The van der Waals surface area contributed by atoms with Crippen LogP contribution in [-0.2, 0) is 23.0 Å². The number of halogens is 5. The predicted octanol–water partition coefficient (Wildman–Crippen LogP) is 4.56. The molecule has 3 aromatic heterocycles. The van der Waals surface area contributed by atoms with Crippen molar-refractivity contribution < 1.29 is 41.0 Å². The van der Waals surface area contributed by atoms with Crippen molar-refractivity contribution in [1.29, 1.82) is 0 Å². The zero-order chi connectivity index (χ0) is 33.2. The zero-order valence-electron chi connectivity index (χ0n) is 24.9. The molecule has 2 N–H and O–H groups in total. The molecule has 3 heterocycles. The molecule has 15 heteroatoms. The second-order valence-electron chi connectivity index (χ2n) is 10.2. The molecular formula is C30H30F5N5O5. The Labute approximate surface area is 253 Å². The Morgan fingerprint density at radius 2 is 1.76 bits per heavy atom. The molecule has 1 aromatic carbocycles. The number of esters is 1. The number of rotatable bonds is 10. The SMILES string of the molecule is CC[C@@H](Nc1cc(F)c(C(=O)N[C@@H](Cc2ccc(-c3c(OC)cc(C)n(C)c3=O)c3nccn23)C(=O)OC)c(F)c1)C(F)(F)F. The highest BCUT2D eigenvalue weighted by Crippen LogP contribution is 2.31.